The van der Waals surface area contributed by atoms with Crippen molar-refractivity contribution in [3.8, 4) is 50.2 Å². The Hall–Kier alpha value is -8.60. The van der Waals surface area contributed by atoms with Crippen LogP contribution in [0.3, 0.4) is 0 Å². The number of hydrogen-bond donors (Lipinski definition) is 0. The first-order valence-corrected chi connectivity index (χ1v) is 24.0. The third kappa shape index (κ3) is 4.78. The largest absolute Gasteiger partial charge is 0.334 e. The van der Waals surface area contributed by atoms with Crippen LogP contribution in [-0.2, 0) is 0 Å². The molecule has 0 saturated heterocycles. The Morgan fingerprint density at radius 2 is 1.03 bits per heavy atom. The summed E-state index contributed by atoms with van der Waals surface area (Å²) < 4.78 is 2.67. The summed E-state index contributed by atoms with van der Waals surface area (Å²) in [5, 5.41) is 5.38. The summed E-state index contributed by atoms with van der Waals surface area (Å²) in [6.45, 7) is 0.0692. The molecular formula is C64H40BN3. The molecule has 0 radical (unpaired) electrons. The number of aromatic nitrogens is 1. The van der Waals surface area contributed by atoms with Crippen molar-refractivity contribution in [2.24, 2.45) is 0 Å². The zero-order chi connectivity index (χ0) is 44.2. The molecule has 2 aliphatic carbocycles. The molecule has 2 atom stereocenters. The van der Waals surface area contributed by atoms with Crippen LogP contribution >= 0.6 is 0 Å². The number of anilines is 5. The molecule has 0 saturated carbocycles. The van der Waals surface area contributed by atoms with Gasteiger partial charge in [-0.05, 0) is 120 Å². The number of para-hydroxylation sites is 1. The van der Waals surface area contributed by atoms with Crippen LogP contribution < -0.4 is 20.7 Å². The van der Waals surface area contributed by atoms with Gasteiger partial charge in [0.15, 0.2) is 0 Å². The van der Waals surface area contributed by atoms with E-state index in [0.717, 1.165) is 17.1 Å². The van der Waals surface area contributed by atoms with Crippen molar-refractivity contribution in [3.63, 3.8) is 0 Å². The molecule has 0 bridgehead atoms. The van der Waals surface area contributed by atoms with E-state index in [4.69, 9.17) is 0 Å². The van der Waals surface area contributed by atoms with Crippen molar-refractivity contribution in [3.05, 3.63) is 242 Å². The Morgan fingerprint density at radius 1 is 0.441 bits per heavy atom. The summed E-state index contributed by atoms with van der Waals surface area (Å²) in [5.74, 6) is 0.247. The Morgan fingerprint density at radius 3 is 1.74 bits per heavy atom. The SMILES string of the molecule is C1=CC2c3ccccc3N3c4cc(N(c5ccc(-c6ccccc6)cc5)c5ccc(-c6ccccc6)cc5)cc5c4B(C(=C1)C23)c1cc2cccc3c2c2c4c(cccc4n-5c12)-c1ccccc1-3. The van der Waals surface area contributed by atoms with E-state index in [2.05, 4.69) is 245 Å². The lowest BCUT2D eigenvalue weighted by Crippen LogP contribution is -2.59. The highest BCUT2D eigenvalue weighted by molar-refractivity contribution is 6.95. The fraction of sp³-hybridized carbons (Fsp3) is 0.0312. The summed E-state index contributed by atoms with van der Waals surface area (Å²) in [6.07, 6.45) is 7.26. The van der Waals surface area contributed by atoms with Crippen LogP contribution in [-0.4, -0.2) is 17.3 Å². The fourth-order valence-electron chi connectivity index (χ4n) is 13.1. The minimum atomic E-state index is 0.0692. The predicted molar refractivity (Wildman–Crippen MR) is 286 cm³/mol. The van der Waals surface area contributed by atoms with Crippen LogP contribution in [0.2, 0.25) is 0 Å². The molecule has 0 N–H and O–H groups in total. The van der Waals surface area contributed by atoms with Gasteiger partial charge in [0, 0.05) is 45.1 Å². The third-order valence-corrected chi connectivity index (χ3v) is 15.8. The van der Waals surface area contributed by atoms with Crippen LogP contribution in [0.25, 0.3) is 82.8 Å². The van der Waals surface area contributed by atoms with E-state index in [9.17, 15) is 0 Å². The van der Waals surface area contributed by atoms with E-state index in [1.54, 1.807) is 0 Å². The van der Waals surface area contributed by atoms with Gasteiger partial charge in [-0.15, -0.1) is 0 Å². The maximum atomic E-state index is 2.71. The molecule has 4 heteroatoms. The van der Waals surface area contributed by atoms with Crippen LogP contribution in [0.5, 0.6) is 0 Å². The predicted octanol–water partition coefficient (Wildman–Crippen LogP) is 15.0. The molecule has 314 valence electrons. The molecule has 1 aromatic heterocycles. The van der Waals surface area contributed by atoms with Gasteiger partial charge < -0.3 is 14.4 Å². The van der Waals surface area contributed by atoms with Gasteiger partial charge in [0.2, 0.25) is 6.71 Å². The van der Waals surface area contributed by atoms with Gasteiger partial charge >= 0.3 is 0 Å². The average molecular weight is 862 g/mol. The maximum absolute atomic E-state index is 2.71. The normalized spacial score (nSPS) is 16.2. The molecule has 68 heavy (non-hydrogen) atoms. The Balaban J connectivity index is 1.03. The molecule has 0 amide bonds. The summed E-state index contributed by atoms with van der Waals surface area (Å²) >= 11 is 0. The van der Waals surface area contributed by atoms with Gasteiger partial charge in [0.1, 0.15) is 0 Å². The number of hydrogen-bond acceptors (Lipinski definition) is 2. The lowest BCUT2D eigenvalue weighted by Gasteiger charge is -2.45. The van der Waals surface area contributed by atoms with Gasteiger partial charge in [0.25, 0.3) is 0 Å². The number of rotatable bonds is 5. The molecule has 10 aromatic carbocycles. The van der Waals surface area contributed by atoms with Gasteiger partial charge in [-0.25, -0.2) is 0 Å². The van der Waals surface area contributed by atoms with E-state index in [-0.39, 0.29) is 18.7 Å². The molecule has 3 nitrogen and oxygen atoms in total. The Bertz CT molecular complexity index is 3950. The van der Waals surface area contributed by atoms with E-state index in [0.29, 0.717) is 0 Å². The highest BCUT2D eigenvalue weighted by Crippen LogP contribution is 2.56. The zero-order valence-corrected chi connectivity index (χ0v) is 37.0. The Labute approximate surface area is 394 Å². The van der Waals surface area contributed by atoms with Crippen LogP contribution in [0.4, 0.5) is 28.4 Å². The van der Waals surface area contributed by atoms with Crippen molar-refractivity contribution in [2.45, 2.75) is 12.0 Å². The first-order valence-electron chi connectivity index (χ1n) is 24.0. The highest BCUT2D eigenvalue weighted by Gasteiger charge is 2.52. The summed E-state index contributed by atoms with van der Waals surface area (Å²) in [6, 6.07) is 79.7. The smallest absolute Gasteiger partial charge is 0.247 e. The third-order valence-electron chi connectivity index (χ3n) is 15.8. The van der Waals surface area contributed by atoms with Gasteiger partial charge in [-0.2, -0.15) is 0 Å². The van der Waals surface area contributed by atoms with Crippen LogP contribution in [0, 0.1) is 0 Å². The van der Waals surface area contributed by atoms with E-state index < -0.39 is 0 Å². The monoisotopic (exact) mass is 861 g/mol. The van der Waals surface area contributed by atoms with E-state index in [1.165, 1.54) is 116 Å². The maximum Gasteiger partial charge on any atom is 0.247 e. The standard InChI is InChI=1S/C64H40BN3/c1-3-14-39(15-4-1)41-28-32-44(33-29-41)66(45-34-30-42(31-35-45)40-16-5-2-6-17-40)46-37-57-62-58(38-46)68-56-27-13-23-51-48-20-8-7-19-47(48)50-22-11-18-43-36-54(64(68)61(59(43)50)60(51)56)65(62)53-25-12-24-52-49-21-9-10-26-55(49)67(57)63(52)53/h1-38,52,63H. The molecule has 5 aliphatic rings. The first kappa shape index (κ1) is 36.6. The lowest BCUT2D eigenvalue weighted by atomic mass is 9.31. The minimum absolute atomic E-state index is 0.0692. The first-order chi connectivity index (χ1) is 33.8. The fourth-order valence-corrected chi connectivity index (χ4v) is 13.1. The summed E-state index contributed by atoms with van der Waals surface area (Å²) in [5.41, 5.74) is 25.5. The van der Waals surface area contributed by atoms with Gasteiger partial charge in [0.05, 0.1) is 22.8 Å². The lowest BCUT2D eigenvalue weighted by molar-refractivity contribution is 0.726. The molecule has 4 heterocycles. The average Bonchev–Trinajstić information content (AvgIpc) is 3.90. The molecular weight excluding hydrogens is 822 g/mol. The molecule has 0 fully saturated rings. The van der Waals surface area contributed by atoms with Crippen molar-refractivity contribution < 1.29 is 0 Å². The van der Waals surface area contributed by atoms with E-state index >= 15 is 0 Å². The second-order valence-corrected chi connectivity index (χ2v) is 19.1. The number of benzene rings is 10. The highest BCUT2D eigenvalue weighted by atomic mass is 15.2. The topological polar surface area (TPSA) is 11.4 Å². The van der Waals surface area contributed by atoms with Crippen molar-refractivity contribution in [1.29, 1.82) is 0 Å². The van der Waals surface area contributed by atoms with Crippen LogP contribution in [0.1, 0.15) is 11.5 Å². The van der Waals surface area contributed by atoms with Crippen LogP contribution in [0.15, 0.2) is 236 Å². The van der Waals surface area contributed by atoms with Gasteiger partial charge in [-0.3, -0.25) is 0 Å². The molecule has 11 aromatic rings. The van der Waals surface area contributed by atoms with Crippen molar-refractivity contribution >= 4 is 78.7 Å². The van der Waals surface area contributed by atoms with E-state index in [1.807, 2.05) is 0 Å². The quantitative estimate of drug-likeness (QED) is 0.160. The second kappa shape index (κ2) is 13.5. The molecule has 3 aliphatic heterocycles. The minimum Gasteiger partial charge on any atom is -0.334 e. The second-order valence-electron chi connectivity index (χ2n) is 19.1. The number of allylic oxidation sites excluding steroid dienone is 2. The summed E-state index contributed by atoms with van der Waals surface area (Å²) in [7, 11) is 0. The Kier molecular flexibility index (Phi) is 7.27. The molecule has 2 unspecified atom stereocenters. The van der Waals surface area contributed by atoms with Gasteiger partial charge in [-0.1, -0.05) is 187 Å². The zero-order valence-electron chi connectivity index (χ0n) is 37.0. The molecule has 0 spiro atoms. The summed E-state index contributed by atoms with van der Waals surface area (Å²) in [4.78, 5) is 5.20. The van der Waals surface area contributed by atoms with Crippen molar-refractivity contribution in [1.82, 2.24) is 4.57 Å². The number of fused-ring (bicyclic) bond motifs is 11. The number of nitrogens with zero attached hydrogens (tertiary/aromatic N) is 3. The molecule has 16 rings (SSSR count). The van der Waals surface area contributed by atoms with Crippen molar-refractivity contribution in [2.75, 3.05) is 9.80 Å².